The molecular formula is C18H15F3N2O4. The van der Waals surface area contributed by atoms with Crippen LogP contribution in [0.25, 0.3) is 0 Å². The van der Waals surface area contributed by atoms with Crippen LogP contribution < -0.4 is 4.74 Å². The highest BCUT2D eigenvalue weighted by Crippen LogP contribution is 2.31. The molecule has 2 aromatic heterocycles. The summed E-state index contributed by atoms with van der Waals surface area (Å²) in [5.74, 6) is -1.95. The second kappa shape index (κ2) is 6.98. The predicted octanol–water partition coefficient (Wildman–Crippen LogP) is 3.02. The number of carbonyl (C=O) groups excluding carboxylic acids is 1. The zero-order chi connectivity index (χ0) is 19.8. The summed E-state index contributed by atoms with van der Waals surface area (Å²) in [5, 5.41) is 9.21. The van der Waals surface area contributed by atoms with Crippen LogP contribution in [0, 0.1) is 12.8 Å². The van der Waals surface area contributed by atoms with Crippen LogP contribution in [0.1, 0.15) is 37.5 Å². The number of hydrogen-bond donors (Lipinski definition) is 1. The Hall–Kier alpha value is -2.97. The summed E-state index contributed by atoms with van der Waals surface area (Å²) >= 11 is 0. The standard InChI is InChI=1S/C18H15F3N2O4/c1-9-4-10(7-23-16(9)27-8-18(19,20)21)5-11-6-13-12(15(11)24)2-3-22-14(13)17(25)26/h2-4,7,11H,5-6,8H2,1H3,(H,25,26). The number of fused-ring (bicyclic) bond motifs is 1. The third kappa shape index (κ3) is 4.07. The van der Waals surface area contributed by atoms with Gasteiger partial charge < -0.3 is 9.84 Å². The highest BCUT2D eigenvalue weighted by atomic mass is 19.4. The summed E-state index contributed by atoms with van der Waals surface area (Å²) in [6.07, 6.45) is -1.26. The molecule has 0 radical (unpaired) electrons. The number of aromatic carboxylic acids is 1. The van der Waals surface area contributed by atoms with E-state index in [-0.39, 0.29) is 23.8 Å². The molecule has 2 heterocycles. The fourth-order valence-electron chi connectivity index (χ4n) is 3.16. The van der Waals surface area contributed by atoms with Gasteiger partial charge in [0.05, 0.1) is 0 Å². The molecule has 1 aliphatic carbocycles. The van der Waals surface area contributed by atoms with Crippen LogP contribution in [0.2, 0.25) is 0 Å². The molecular weight excluding hydrogens is 365 g/mol. The van der Waals surface area contributed by atoms with Gasteiger partial charge in [0, 0.05) is 29.4 Å². The van der Waals surface area contributed by atoms with Gasteiger partial charge in [0.15, 0.2) is 18.1 Å². The van der Waals surface area contributed by atoms with Crippen molar-refractivity contribution in [2.45, 2.75) is 25.9 Å². The molecule has 1 aliphatic rings. The molecule has 0 saturated carbocycles. The van der Waals surface area contributed by atoms with Crippen LogP contribution in [0.5, 0.6) is 5.88 Å². The number of Topliss-reactive ketones (excluding diaryl/α,β-unsaturated/α-hetero) is 1. The molecule has 6 nitrogen and oxygen atoms in total. The van der Waals surface area contributed by atoms with E-state index in [0.29, 0.717) is 28.7 Å². The van der Waals surface area contributed by atoms with E-state index in [9.17, 15) is 27.9 Å². The van der Waals surface area contributed by atoms with Gasteiger partial charge in [0.2, 0.25) is 5.88 Å². The van der Waals surface area contributed by atoms with Gasteiger partial charge in [-0.1, -0.05) is 0 Å². The average Bonchev–Trinajstić information content (AvgIpc) is 2.89. The van der Waals surface area contributed by atoms with Crippen molar-refractivity contribution in [2.75, 3.05) is 6.61 Å². The van der Waals surface area contributed by atoms with Crippen molar-refractivity contribution in [2.24, 2.45) is 5.92 Å². The third-order valence-electron chi connectivity index (χ3n) is 4.29. The maximum absolute atomic E-state index is 12.5. The van der Waals surface area contributed by atoms with Gasteiger partial charge >= 0.3 is 12.1 Å². The van der Waals surface area contributed by atoms with Crippen LogP contribution >= 0.6 is 0 Å². The lowest BCUT2D eigenvalue weighted by Crippen LogP contribution is -2.20. The van der Waals surface area contributed by atoms with E-state index < -0.39 is 24.7 Å². The Labute approximate surface area is 152 Å². The van der Waals surface area contributed by atoms with E-state index in [0.717, 1.165) is 0 Å². The number of carboxylic acid groups (broad SMARTS) is 1. The SMILES string of the molecule is Cc1cc(CC2Cc3c(ccnc3C(=O)O)C2=O)cnc1OCC(F)(F)F. The lowest BCUT2D eigenvalue weighted by molar-refractivity contribution is -0.154. The molecule has 0 aromatic carbocycles. The molecule has 9 heteroatoms. The van der Waals surface area contributed by atoms with E-state index in [1.807, 2.05) is 0 Å². The number of rotatable bonds is 5. The highest BCUT2D eigenvalue weighted by molar-refractivity contribution is 6.05. The second-order valence-electron chi connectivity index (χ2n) is 6.33. The summed E-state index contributed by atoms with van der Waals surface area (Å²) in [6, 6.07) is 3.12. The van der Waals surface area contributed by atoms with Gasteiger partial charge in [-0.15, -0.1) is 0 Å². The highest BCUT2D eigenvalue weighted by Gasteiger charge is 2.34. The summed E-state index contributed by atoms with van der Waals surface area (Å²) in [4.78, 5) is 31.5. The van der Waals surface area contributed by atoms with Gasteiger partial charge in [0.1, 0.15) is 0 Å². The van der Waals surface area contributed by atoms with Crippen molar-refractivity contribution >= 4 is 11.8 Å². The van der Waals surface area contributed by atoms with Crippen molar-refractivity contribution in [3.63, 3.8) is 0 Å². The summed E-state index contributed by atoms with van der Waals surface area (Å²) in [5.41, 5.74) is 1.71. The number of ketones is 1. The monoisotopic (exact) mass is 380 g/mol. The van der Waals surface area contributed by atoms with E-state index in [1.165, 1.54) is 18.5 Å². The molecule has 1 atom stereocenters. The molecule has 0 spiro atoms. The first kappa shape index (κ1) is 18.8. The molecule has 0 aliphatic heterocycles. The van der Waals surface area contributed by atoms with E-state index >= 15 is 0 Å². The Morgan fingerprint density at radius 2 is 2.11 bits per heavy atom. The molecule has 0 fully saturated rings. The number of alkyl halides is 3. The zero-order valence-electron chi connectivity index (χ0n) is 14.2. The van der Waals surface area contributed by atoms with Crippen LogP contribution in [-0.4, -0.2) is 39.6 Å². The molecule has 3 rings (SSSR count). The van der Waals surface area contributed by atoms with E-state index in [1.54, 1.807) is 13.0 Å². The van der Waals surface area contributed by atoms with E-state index in [4.69, 9.17) is 0 Å². The number of ether oxygens (including phenoxy) is 1. The number of aryl methyl sites for hydroxylation is 1. The molecule has 142 valence electrons. The first-order valence-electron chi connectivity index (χ1n) is 8.06. The van der Waals surface area contributed by atoms with Crippen LogP contribution in [-0.2, 0) is 12.8 Å². The van der Waals surface area contributed by atoms with Gasteiger partial charge in [0.25, 0.3) is 0 Å². The lowest BCUT2D eigenvalue weighted by atomic mass is 9.96. The molecule has 0 bridgehead atoms. The fraction of sp³-hybridized carbons (Fsp3) is 0.333. The van der Waals surface area contributed by atoms with Crippen LogP contribution in [0.15, 0.2) is 24.5 Å². The van der Waals surface area contributed by atoms with Gasteiger partial charge in [-0.3, -0.25) is 4.79 Å². The van der Waals surface area contributed by atoms with E-state index in [2.05, 4.69) is 14.7 Å². The predicted molar refractivity (Wildman–Crippen MR) is 86.9 cm³/mol. The summed E-state index contributed by atoms with van der Waals surface area (Å²) < 4.78 is 41.4. The van der Waals surface area contributed by atoms with Crippen molar-refractivity contribution in [1.82, 2.24) is 9.97 Å². The van der Waals surface area contributed by atoms with Crippen molar-refractivity contribution < 1.29 is 32.6 Å². The van der Waals surface area contributed by atoms with Crippen molar-refractivity contribution in [3.8, 4) is 5.88 Å². The molecule has 2 aromatic rings. The smallest absolute Gasteiger partial charge is 0.422 e. The number of hydrogen-bond acceptors (Lipinski definition) is 5. The quantitative estimate of drug-likeness (QED) is 0.858. The fourth-order valence-corrected chi connectivity index (χ4v) is 3.16. The molecule has 1 unspecified atom stereocenters. The Bertz CT molecular complexity index is 912. The number of nitrogens with zero attached hydrogens (tertiary/aromatic N) is 2. The van der Waals surface area contributed by atoms with Gasteiger partial charge in [-0.2, -0.15) is 13.2 Å². The Balaban J connectivity index is 1.75. The minimum Gasteiger partial charge on any atom is -0.477 e. The molecule has 0 saturated heterocycles. The van der Waals surface area contributed by atoms with Gasteiger partial charge in [-0.25, -0.2) is 14.8 Å². The Kier molecular flexibility index (Phi) is 4.86. The number of pyridine rings is 2. The van der Waals surface area contributed by atoms with Crippen LogP contribution in [0.4, 0.5) is 13.2 Å². The van der Waals surface area contributed by atoms with Gasteiger partial charge in [-0.05, 0) is 43.0 Å². The van der Waals surface area contributed by atoms with Crippen molar-refractivity contribution in [1.29, 1.82) is 0 Å². The number of aromatic nitrogens is 2. The largest absolute Gasteiger partial charge is 0.477 e. The normalized spacial score (nSPS) is 16.3. The average molecular weight is 380 g/mol. The summed E-state index contributed by atoms with van der Waals surface area (Å²) in [7, 11) is 0. The topological polar surface area (TPSA) is 89.4 Å². The number of carboxylic acids is 1. The lowest BCUT2D eigenvalue weighted by Gasteiger charge is -2.12. The van der Waals surface area contributed by atoms with Crippen molar-refractivity contribution in [3.05, 3.63) is 52.5 Å². The minimum absolute atomic E-state index is 0.116. The Morgan fingerprint density at radius 1 is 1.37 bits per heavy atom. The minimum atomic E-state index is -4.45. The molecule has 27 heavy (non-hydrogen) atoms. The Morgan fingerprint density at radius 3 is 2.74 bits per heavy atom. The first-order chi connectivity index (χ1) is 12.7. The number of halogens is 3. The first-order valence-corrected chi connectivity index (χ1v) is 8.06. The number of carbonyl (C=O) groups is 2. The van der Waals surface area contributed by atoms with Crippen LogP contribution in [0.3, 0.4) is 0 Å². The zero-order valence-corrected chi connectivity index (χ0v) is 14.2. The second-order valence-corrected chi connectivity index (χ2v) is 6.33. The maximum atomic E-state index is 12.5. The summed E-state index contributed by atoms with van der Waals surface area (Å²) in [6.45, 7) is 0.140. The maximum Gasteiger partial charge on any atom is 0.422 e. The molecule has 1 N–H and O–H groups in total. The molecule has 0 amide bonds. The third-order valence-corrected chi connectivity index (χ3v) is 4.29.